The van der Waals surface area contributed by atoms with Gasteiger partial charge in [-0.15, -0.1) is 0 Å². The van der Waals surface area contributed by atoms with Gasteiger partial charge >= 0.3 is 0 Å². The van der Waals surface area contributed by atoms with E-state index in [1.165, 1.54) is 11.5 Å². The van der Waals surface area contributed by atoms with Crippen LogP contribution in [0.1, 0.15) is 6.92 Å². The molecule has 0 aliphatic rings. The van der Waals surface area contributed by atoms with Crippen LogP contribution in [0.25, 0.3) is 0 Å². The Hall–Kier alpha value is -0.350. The lowest BCUT2D eigenvalue weighted by atomic mass is 10.4. The topological polar surface area (TPSA) is 0 Å². The van der Waals surface area contributed by atoms with E-state index in [-0.39, 0.29) is 0 Å². The van der Waals surface area contributed by atoms with Crippen molar-refractivity contribution in [3.05, 3.63) is 30.3 Å². The van der Waals surface area contributed by atoms with Crippen LogP contribution in [0.3, 0.4) is 0 Å². The normalized spacial score (nSPS) is 10.8. The van der Waals surface area contributed by atoms with Crippen LogP contribution in [0.5, 0.6) is 0 Å². The molecule has 0 bridgehead atoms. The van der Waals surface area contributed by atoms with Crippen LogP contribution < -0.4 is 5.30 Å². The molecule has 0 aliphatic carbocycles. The second-order valence-electron chi connectivity index (χ2n) is 2.02. The summed E-state index contributed by atoms with van der Waals surface area (Å²) in [4.78, 5) is 0. The molecular weight excluding hydrogens is 127 g/mol. The predicted octanol–water partition coefficient (Wildman–Crippen LogP) is 1.74. The summed E-state index contributed by atoms with van der Waals surface area (Å²) < 4.78 is 0. The minimum atomic E-state index is 0.543. The molecular formula is C8H12P+. The van der Waals surface area contributed by atoms with Gasteiger partial charge in [0.2, 0.25) is 0 Å². The van der Waals surface area contributed by atoms with Gasteiger partial charge in [-0.05, 0) is 19.1 Å². The summed E-state index contributed by atoms with van der Waals surface area (Å²) in [5, 5.41) is 1.53. The van der Waals surface area contributed by atoms with Crippen molar-refractivity contribution in [2.75, 3.05) is 6.16 Å². The Kier molecular flexibility index (Phi) is 2.73. The van der Waals surface area contributed by atoms with Gasteiger partial charge in [0.25, 0.3) is 0 Å². The highest BCUT2D eigenvalue weighted by Gasteiger charge is 1.91. The van der Waals surface area contributed by atoms with Crippen LogP contribution in [0, 0.1) is 0 Å². The molecule has 48 valence electrons. The lowest BCUT2D eigenvalue weighted by molar-refractivity contribution is 1.52. The van der Waals surface area contributed by atoms with Crippen molar-refractivity contribution in [2.45, 2.75) is 6.92 Å². The van der Waals surface area contributed by atoms with E-state index in [4.69, 9.17) is 0 Å². The average Bonchev–Trinajstić information content (AvgIpc) is 1.91. The molecule has 0 aromatic heterocycles. The molecule has 1 rings (SSSR count). The Morgan fingerprint density at radius 3 is 2.44 bits per heavy atom. The highest BCUT2D eigenvalue weighted by Crippen LogP contribution is 2.06. The first kappa shape index (κ1) is 6.77. The molecule has 0 amide bonds. The van der Waals surface area contributed by atoms with Crippen LogP contribution in [0.2, 0.25) is 0 Å². The Morgan fingerprint density at radius 2 is 1.89 bits per heavy atom. The summed E-state index contributed by atoms with van der Waals surface area (Å²) in [7, 11) is 0.543. The van der Waals surface area contributed by atoms with E-state index in [0.29, 0.717) is 8.58 Å². The number of hydrogen-bond donors (Lipinski definition) is 0. The first-order valence-corrected chi connectivity index (χ1v) is 4.71. The maximum atomic E-state index is 2.24. The van der Waals surface area contributed by atoms with Crippen LogP contribution in [0.15, 0.2) is 30.3 Å². The smallest absolute Gasteiger partial charge is 0.0620 e. The van der Waals surface area contributed by atoms with E-state index >= 15 is 0 Å². The maximum Gasteiger partial charge on any atom is 0.0889 e. The summed E-state index contributed by atoms with van der Waals surface area (Å²) in [6, 6.07) is 10.7. The summed E-state index contributed by atoms with van der Waals surface area (Å²) in [5.74, 6) is 0. The summed E-state index contributed by atoms with van der Waals surface area (Å²) in [6.45, 7) is 2.24. The Morgan fingerprint density at radius 1 is 1.22 bits per heavy atom. The van der Waals surface area contributed by atoms with E-state index < -0.39 is 0 Å². The monoisotopic (exact) mass is 139 g/mol. The third kappa shape index (κ3) is 2.15. The molecule has 1 aromatic rings. The van der Waals surface area contributed by atoms with E-state index in [1.54, 1.807) is 0 Å². The van der Waals surface area contributed by atoms with E-state index in [0.717, 1.165) is 0 Å². The first-order chi connectivity index (χ1) is 4.43. The minimum absolute atomic E-state index is 0.543. The van der Waals surface area contributed by atoms with Crippen molar-refractivity contribution >= 4 is 13.9 Å². The van der Waals surface area contributed by atoms with Gasteiger partial charge in [-0.1, -0.05) is 18.2 Å². The van der Waals surface area contributed by atoms with Gasteiger partial charge in [0.05, 0.1) is 11.5 Å². The molecule has 0 N–H and O–H groups in total. The van der Waals surface area contributed by atoms with Gasteiger partial charge in [0, 0.05) is 8.58 Å². The first-order valence-electron chi connectivity index (χ1n) is 3.31. The van der Waals surface area contributed by atoms with Crippen LogP contribution in [-0.2, 0) is 0 Å². The van der Waals surface area contributed by atoms with Gasteiger partial charge in [0.1, 0.15) is 0 Å². The Balaban J connectivity index is 2.61. The lowest BCUT2D eigenvalue weighted by Gasteiger charge is -1.86. The van der Waals surface area contributed by atoms with Crippen LogP contribution in [-0.4, -0.2) is 6.16 Å². The van der Waals surface area contributed by atoms with E-state index in [2.05, 4.69) is 37.3 Å². The van der Waals surface area contributed by atoms with Gasteiger partial charge in [-0.25, -0.2) is 0 Å². The molecule has 0 fully saturated rings. The Bertz CT molecular complexity index is 157. The van der Waals surface area contributed by atoms with Gasteiger partial charge < -0.3 is 0 Å². The zero-order valence-corrected chi connectivity index (χ0v) is 6.83. The third-order valence-electron chi connectivity index (χ3n) is 1.24. The fourth-order valence-corrected chi connectivity index (χ4v) is 1.79. The average molecular weight is 139 g/mol. The number of hydrogen-bond acceptors (Lipinski definition) is 0. The van der Waals surface area contributed by atoms with Crippen molar-refractivity contribution in [1.82, 2.24) is 0 Å². The fourth-order valence-electron chi connectivity index (χ4n) is 0.825. The largest absolute Gasteiger partial charge is 0.0889 e. The van der Waals surface area contributed by atoms with Crippen molar-refractivity contribution in [1.29, 1.82) is 0 Å². The molecule has 1 heteroatoms. The maximum absolute atomic E-state index is 2.24. The molecule has 1 atom stereocenters. The molecule has 0 radical (unpaired) electrons. The second-order valence-corrected chi connectivity index (χ2v) is 3.91. The third-order valence-corrected chi connectivity index (χ3v) is 2.50. The molecule has 9 heavy (non-hydrogen) atoms. The van der Waals surface area contributed by atoms with E-state index in [9.17, 15) is 0 Å². The summed E-state index contributed by atoms with van der Waals surface area (Å²) >= 11 is 0. The van der Waals surface area contributed by atoms with Gasteiger partial charge in [0.15, 0.2) is 0 Å². The van der Waals surface area contributed by atoms with Crippen molar-refractivity contribution in [2.24, 2.45) is 0 Å². The van der Waals surface area contributed by atoms with Gasteiger partial charge in [-0.3, -0.25) is 0 Å². The molecule has 1 aromatic carbocycles. The minimum Gasteiger partial charge on any atom is -0.0620 e. The molecule has 0 aliphatic heterocycles. The molecule has 0 nitrogen and oxygen atoms in total. The quantitative estimate of drug-likeness (QED) is 0.547. The number of rotatable bonds is 2. The van der Waals surface area contributed by atoms with Crippen LogP contribution >= 0.6 is 8.58 Å². The molecule has 0 saturated carbocycles. The lowest BCUT2D eigenvalue weighted by Crippen LogP contribution is -1.90. The Labute approximate surface area is 58.1 Å². The predicted molar refractivity (Wildman–Crippen MR) is 46.3 cm³/mol. The van der Waals surface area contributed by atoms with Gasteiger partial charge in [-0.2, -0.15) is 0 Å². The zero-order chi connectivity index (χ0) is 6.53. The van der Waals surface area contributed by atoms with Crippen LogP contribution in [0.4, 0.5) is 0 Å². The zero-order valence-electron chi connectivity index (χ0n) is 5.67. The van der Waals surface area contributed by atoms with Crippen molar-refractivity contribution < 1.29 is 0 Å². The number of benzene rings is 1. The molecule has 0 heterocycles. The molecule has 0 spiro atoms. The highest BCUT2D eigenvalue weighted by atomic mass is 31.1. The van der Waals surface area contributed by atoms with Crippen molar-refractivity contribution in [3.8, 4) is 0 Å². The summed E-state index contributed by atoms with van der Waals surface area (Å²) in [6.07, 6.45) is 1.32. The second kappa shape index (κ2) is 3.63. The highest BCUT2D eigenvalue weighted by molar-refractivity contribution is 7.47. The molecule has 1 unspecified atom stereocenters. The molecule has 0 saturated heterocycles. The standard InChI is InChI=1S/C8H11P/c1-2-9-8-6-4-3-5-7-8/h3-7,9H,2H2,1H3/p+1. The van der Waals surface area contributed by atoms with E-state index in [1.807, 2.05) is 0 Å². The summed E-state index contributed by atoms with van der Waals surface area (Å²) in [5.41, 5.74) is 0. The fraction of sp³-hybridized carbons (Fsp3) is 0.250. The SMILES string of the molecule is CC[PH2+]c1ccccc1. The van der Waals surface area contributed by atoms with Crippen molar-refractivity contribution in [3.63, 3.8) is 0 Å².